The van der Waals surface area contributed by atoms with Gasteiger partial charge in [0.25, 0.3) is 0 Å². The fraction of sp³-hybridized carbons (Fsp3) is 0.227. The number of methoxy groups -OCH3 is 1. The van der Waals surface area contributed by atoms with E-state index in [9.17, 15) is 0 Å². The van der Waals surface area contributed by atoms with E-state index in [-0.39, 0.29) is 0 Å². The molecular formula is C22H21N3O. The first-order valence-corrected chi connectivity index (χ1v) is 8.82. The quantitative estimate of drug-likeness (QED) is 0.733. The molecule has 0 amide bonds. The number of fused-ring (bicyclic) bond motifs is 1. The SMILES string of the molecule is COc1cccc(-c2nc(-c3cc(C)cc(C)n3)nc3c2=CCCC=3)c1. The van der Waals surface area contributed by atoms with Gasteiger partial charge in [0.15, 0.2) is 5.82 Å². The third kappa shape index (κ3) is 3.10. The van der Waals surface area contributed by atoms with Crippen molar-refractivity contribution in [2.45, 2.75) is 26.7 Å². The molecule has 4 rings (SSSR count). The largest absolute Gasteiger partial charge is 0.497 e. The van der Waals surface area contributed by atoms with E-state index in [2.05, 4.69) is 36.2 Å². The summed E-state index contributed by atoms with van der Waals surface area (Å²) < 4.78 is 5.39. The standard InChI is InChI=1S/C22H21N3O/c1-14-11-15(2)23-20(12-14)22-24-19-10-5-4-9-18(19)21(25-22)16-7-6-8-17(13-16)26-3/h6-13H,4-5H2,1-3H3. The third-order valence-corrected chi connectivity index (χ3v) is 4.50. The summed E-state index contributed by atoms with van der Waals surface area (Å²) in [5.74, 6) is 1.49. The lowest BCUT2D eigenvalue weighted by Gasteiger charge is -2.11. The molecule has 4 heteroatoms. The number of rotatable bonds is 3. The number of aryl methyl sites for hydroxylation is 2. The Bertz CT molecular complexity index is 1080. The van der Waals surface area contributed by atoms with Crippen LogP contribution in [0.15, 0.2) is 36.4 Å². The number of ether oxygens (including phenoxy) is 1. The van der Waals surface area contributed by atoms with E-state index >= 15 is 0 Å². The van der Waals surface area contributed by atoms with Gasteiger partial charge in [-0.25, -0.2) is 15.0 Å². The average molecular weight is 343 g/mol. The first-order valence-electron chi connectivity index (χ1n) is 8.82. The first-order chi connectivity index (χ1) is 12.6. The lowest BCUT2D eigenvalue weighted by Crippen LogP contribution is -2.33. The Morgan fingerprint density at radius 1 is 0.923 bits per heavy atom. The Kier molecular flexibility index (Phi) is 4.25. The van der Waals surface area contributed by atoms with Gasteiger partial charge in [0, 0.05) is 16.5 Å². The molecule has 0 fully saturated rings. The minimum absolute atomic E-state index is 0.667. The van der Waals surface area contributed by atoms with Gasteiger partial charge >= 0.3 is 0 Å². The minimum Gasteiger partial charge on any atom is -0.497 e. The van der Waals surface area contributed by atoms with Crippen molar-refractivity contribution < 1.29 is 4.74 Å². The van der Waals surface area contributed by atoms with Gasteiger partial charge in [0.2, 0.25) is 0 Å². The van der Waals surface area contributed by atoms with Crippen LogP contribution in [0, 0.1) is 13.8 Å². The van der Waals surface area contributed by atoms with Gasteiger partial charge in [-0.15, -0.1) is 0 Å². The Morgan fingerprint density at radius 2 is 1.77 bits per heavy atom. The lowest BCUT2D eigenvalue weighted by atomic mass is 10.0. The van der Waals surface area contributed by atoms with E-state index in [1.165, 1.54) is 0 Å². The maximum absolute atomic E-state index is 5.39. The molecule has 0 spiro atoms. The van der Waals surface area contributed by atoms with E-state index in [0.717, 1.165) is 57.4 Å². The zero-order valence-corrected chi connectivity index (χ0v) is 15.3. The van der Waals surface area contributed by atoms with Crippen LogP contribution in [0.4, 0.5) is 0 Å². The lowest BCUT2D eigenvalue weighted by molar-refractivity contribution is 0.415. The molecule has 0 unspecified atom stereocenters. The Morgan fingerprint density at radius 3 is 2.58 bits per heavy atom. The third-order valence-electron chi connectivity index (χ3n) is 4.50. The summed E-state index contributed by atoms with van der Waals surface area (Å²) in [6.07, 6.45) is 6.42. The minimum atomic E-state index is 0.667. The molecule has 2 heterocycles. The van der Waals surface area contributed by atoms with Crippen molar-refractivity contribution >= 4 is 12.2 Å². The van der Waals surface area contributed by atoms with E-state index < -0.39 is 0 Å². The second-order valence-corrected chi connectivity index (χ2v) is 6.58. The highest BCUT2D eigenvalue weighted by Crippen LogP contribution is 2.22. The monoisotopic (exact) mass is 343 g/mol. The molecule has 1 aliphatic rings. The zero-order chi connectivity index (χ0) is 18.1. The maximum atomic E-state index is 5.39. The van der Waals surface area contributed by atoms with Crippen LogP contribution in [0.25, 0.3) is 34.9 Å². The van der Waals surface area contributed by atoms with Crippen molar-refractivity contribution in [3.05, 3.63) is 58.2 Å². The summed E-state index contributed by atoms with van der Waals surface area (Å²) >= 11 is 0. The van der Waals surface area contributed by atoms with Crippen LogP contribution in [0.2, 0.25) is 0 Å². The summed E-state index contributed by atoms with van der Waals surface area (Å²) in [5, 5.41) is 2.08. The molecule has 2 aromatic heterocycles. The van der Waals surface area contributed by atoms with Gasteiger partial charge in [0.1, 0.15) is 11.4 Å². The maximum Gasteiger partial charge on any atom is 0.179 e. The van der Waals surface area contributed by atoms with Crippen LogP contribution in [0.3, 0.4) is 0 Å². The van der Waals surface area contributed by atoms with E-state index in [0.29, 0.717) is 5.82 Å². The fourth-order valence-corrected chi connectivity index (χ4v) is 3.35. The molecule has 1 aliphatic carbocycles. The number of hydrogen-bond acceptors (Lipinski definition) is 4. The van der Waals surface area contributed by atoms with Crippen molar-refractivity contribution in [3.8, 4) is 28.5 Å². The Hall–Kier alpha value is -3.01. The van der Waals surface area contributed by atoms with Crippen LogP contribution < -0.4 is 15.3 Å². The molecule has 3 aromatic rings. The molecule has 130 valence electrons. The molecule has 4 nitrogen and oxygen atoms in total. The van der Waals surface area contributed by atoms with Crippen LogP contribution in [-0.4, -0.2) is 22.1 Å². The summed E-state index contributed by atoms with van der Waals surface area (Å²) in [4.78, 5) is 14.4. The van der Waals surface area contributed by atoms with Gasteiger partial charge in [-0.05, 0) is 56.5 Å². The molecular weight excluding hydrogens is 322 g/mol. The van der Waals surface area contributed by atoms with Crippen molar-refractivity contribution in [3.63, 3.8) is 0 Å². The van der Waals surface area contributed by atoms with Crippen LogP contribution in [0.5, 0.6) is 5.75 Å². The van der Waals surface area contributed by atoms with E-state index in [1.807, 2.05) is 31.2 Å². The molecule has 0 N–H and O–H groups in total. The molecule has 0 bridgehead atoms. The second-order valence-electron chi connectivity index (χ2n) is 6.58. The molecule has 26 heavy (non-hydrogen) atoms. The van der Waals surface area contributed by atoms with Crippen LogP contribution in [-0.2, 0) is 0 Å². The highest BCUT2D eigenvalue weighted by Gasteiger charge is 2.12. The second kappa shape index (κ2) is 6.71. The number of aromatic nitrogens is 3. The zero-order valence-electron chi connectivity index (χ0n) is 15.3. The fourth-order valence-electron chi connectivity index (χ4n) is 3.35. The predicted octanol–water partition coefficient (Wildman–Crippen LogP) is 3.19. The molecule has 0 atom stereocenters. The normalized spacial score (nSPS) is 12.7. The van der Waals surface area contributed by atoms with Gasteiger partial charge in [0.05, 0.1) is 18.2 Å². The number of hydrogen-bond donors (Lipinski definition) is 0. The first kappa shape index (κ1) is 16.5. The summed E-state index contributed by atoms with van der Waals surface area (Å²) in [7, 11) is 1.68. The van der Waals surface area contributed by atoms with Crippen LogP contribution >= 0.6 is 0 Å². The predicted molar refractivity (Wildman–Crippen MR) is 104 cm³/mol. The summed E-state index contributed by atoms with van der Waals surface area (Å²) in [6.45, 7) is 4.07. The van der Waals surface area contributed by atoms with Crippen molar-refractivity contribution in [1.82, 2.24) is 15.0 Å². The van der Waals surface area contributed by atoms with Gasteiger partial charge in [-0.1, -0.05) is 24.3 Å². The number of pyridine rings is 1. The topological polar surface area (TPSA) is 47.9 Å². The van der Waals surface area contributed by atoms with Crippen molar-refractivity contribution in [2.24, 2.45) is 0 Å². The number of benzene rings is 1. The Labute approximate surface area is 152 Å². The van der Waals surface area contributed by atoms with Crippen molar-refractivity contribution in [2.75, 3.05) is 7.11 Å². The van der Waals surface area contributed by atoms with Gasteiger partial charge < -0.3 is 4.74 Å². The highest BCUT2D eigenvalue weighted by molar-refractivity contribution is 5.66. The molecule has 0 saturated heterocycles. The molecule has 0 radical (unpaired) electrons. The smallest absolute Gasteiger partial charge is 0.179 e. The highest BCUT2D eigenvalue weighted by atomic mass is 16.5. The van der Waals surface area contributed by atoms with Gasteiger partial charge in [-0.2, -0.15) is 0 Å². The van der Waals surface area contributed by atoms with Crippen LogP contribution in [0.1, 0.15) is 24.1 Å². The Balaban J connectivity index is 1.99. The average Bonchev–Trinajstić information content (AvgIpc) is 2.66. The molecule has 0 saturated carbocycles. The van der Waals surface area contributed by atoms with Gasteiger partial charge in [-0.3, -0.25) is 0 Å². The molecule has 1 aromatic carbocycles. The van der Waals surface area contributed by atoms with E-state index in [4.69, 9.17) is 14.7 Å². The molecule has 0 aliphatic heterocycles. The van der Waals surface area contributed by atoms with Crippen molar-refractivity contribution in [1.29, 1.82) is 0 Å². The number of nitrogens with zero attached hydrogens (tertiary/aromatic N) is 3. The van der Waals surface area contributed by atoms with E-state index in [1.54, 1.807) is 7.11 Å². The summed E-state index contributed by atoms with van der Waals surface area (Å²) in [6, 6.07) is 12.1. The summed E-state index contributed by atoms with van der Waals surface area (Å²) in [5.41, 5.74) is 4.90.